The van der Waals surface area contributed by atoms with Gasteiger partial charge in [0.1, 0.15) is 12.6 Å². The largest absolute Gasteiger partial charge is 0.480 e. The van der Waals surface area contributed by atoms with Gasteiger partial charge in [-0.15, -0.1) is 0 Å². The van der Waals surface area contributed by atoms with Crippen LogP contribution in [0.15, 0.2) is 30.3 Å². The second kappa shape index (κ2) is 6.22. The molecule has 0 aliphatic heterocycles. The van der Waals surface area contributed by atoms with Crippen molar-refractivity contribution in [2.75, 3.05) is 0 Å². The summed E-state index contributed by atoms with van der Waals surface area (Å²) in [6, 6.07) is 8.40. The van der Waals surface area contributed by atoms with E-state index in [1.807, 2.05) is 30.3 Å². The van der Waals surface area contributed by atoms with E-state index in [4.69, 9.17) is 9.84 Å². The third-order valence-corrected chi connectivity index (χ3v) is 3.07. The number of rotatable bonds is 6. The van der Waals surface area contributed by atoms with E-state index < -0.39 is 18.1 Å². The van der Waals surface area contributed by atoms with Crippen molar-refractivity contribution in [2.24, 2.45) is 5.92 Å². The predicted octanol–water partition coefficient (Wildman–Crippen LogP) is 2.17. The van der Waals surface area contributed by atoms with Gasteiger partial charge in [-0.2, -0.15) is 0 Å². The van der Waals surface area contributed by atoms with Crippen molar-refractivity contribution >= 4 is 12.1 Å². The van der Waals surface area contributed by atoms with Crippen LogP contribution in [-0.2, 0) is 16.1 Å². The molecule has 1 fully saturated rings. The molecular formula is C14H17NO4. The Morgan fingerprint density at radius 3 is 2.58 bits per heavy atom. The minimum Gasteiger partial charge on any atom is -0.480 e. The lowest BCUT2D eigenvalue weighted by Crippen LogP contribution is -2.41. The average molecular weight is 263 g/mol. The number of amides is 1. The lowest BCUT2D eigenvalue weighted by molar-refractivity contribution is -0.139. The van der Waals surface area contributed by atoms with Crippen molar-refractivity contribution in [1.29, 1.82) is 0 Å². The number of aliphatic carboxylic acids is 1. The molecule has 2 N–H and O–H groups in total. The molecule has 1 amide bonds. The highest BCUT2D eigenvalue weighted by Crippen LogP contribution is 2.33. The molecule has 1 aromatic rings. The molecule has 0 saturated heterocycles. The van der Waals surface area contributed by atoms with Crippen molar-refractivity contribution in [1.82, 2.24) is 5.32 Å². The smallest absolute Gasteiger partial charge is 0.408 e. The SMILES string of the molecule is O=C(N[C@H](CC1CC1)C(=O)O)OCc1ccccc1. The Kier molecular flexibility index (Phi) is 4.39. The monoisotopic (exact) mass is 263 g/mol. The zero-order chi connectivity index (χ0) is 13.7. The van der Waals surface area contributed by atoms with Crippen LogP contribution in [0.2, 0.25) is 0 Å². The van der Waals surface area contributed by atoms with Crippen molar-refractivity contribution in [3.63, 3.8) is 0 Å². The first kappa shape index (κ1) is 13.4. The van der Waals surface area contributed by atoms with Crippen LogP contribution in [0.25, 0.3) is 0 Å². The normalized spacial score (nSPS) is 15.6. The van der Waals surface area contributed by atoms with Gasteiger partial charge >= 0.3 is 12.1 Å². The first-order valence-electron chi connectivity index (χ1n) is 6.35. The van der Waals surface area contributed by atoms with E-state index in [2.05, 4.69) is 5.32 Å². The van der Waals surface area contributed by atoms with Gasteiger partial charge in [0.25, 0.3) is 0 Å². The maximum Gasteiger partial charge on any atom is 0.408 e. The summed E-state index contributed by atoms with van der Waals surface area (Å²) < 4.78 is 5.00. The number of nitrogens with one attached hydrogen (secondary N) is 1. The molecule has 1 aliphatic rings. The number of carboxylic acids is 1. The van der Waals surface area contributed by atoms with E-state index in [1.165, 1.54) is 0 Å². The molecule has 1 aliphatic carbocycles. The van der Waals surface area contributed by atoms with E-state index in [9.17, 15) is 9.59 Å². The van der Waals surface area contributed by atoms with Gasteiger partial charge in [0.2, 0.25) is 0 Å². The highest BCUT2D eigenvalue weighted by molar-refractivity contribution is 5.79. The van der Waals surface area contributed by atoms with E-state index in [1.54, 1.807) is 0 Å². The Morgan fingerprint density at radius 1 is 1.32 bits per heavy atom. The number of benzene rings is 1. The lowest BCUT2D eigenvalue weighted by atomic mass is 10.1. The lowest BCUT2D eigenvalue weighted by Gasteiger charge is -2.14. The number of carbonyl (C=O) groups excluding carboxylic acids is 1. The first-order chi connectivity index (χ1) is 9.15. The minimum atomic E-state index is -1.01. The molecule has 0 radical (unpaired) electrons. The fraction of sp³-hybridized carbons (Fsp3) is 0.429. The van der Waals surface area contributed by atoms with E-state index >= 15 is 0 Å². The highest BCUT2D eigenvalue weighted by Gasteiger charge is 2.30. The Bertz CT molecular complexity index is 442. The Balaban J connectivity index is 1.77. The van der Waals surface area contributed by atoms with Crippen LogP contribution in [0.3, 0.4) is 0 Å². The fourth-order valence-corrected chi connectivity index (χ4v) is 1.82. The maximum atomic E-state index is 11.5. The summed E-state index contributed by atoms with van der Waals surface area (Å²) >= 11 is 0. The molecule has 2 rings (SSSR count). The van der Waals surface area contributed by atoms with Gasteiger partial charge in [0, 0.05) is 0 Å². The van der Waals surface area contributed by atoms with Gasteiger partial charge in [-0.1, -0.05) is 43.2 Å². The van der Waals surface area contributed by atoms with Crippen LogP contribution in [0, 0.1) is 5.92 Å². The fourth-order valence-electron chi connectivity index (χ4n) is 1.82. The molecule has 0 bridgehead atoms. The molecule has 102 valence electrons. The number of carbonyl (C=O) groups is 2. The number of alkyl carbamates (subject to hydrolysis) is 1. The van der Waals surface area contributed by atoms with Crippen molar-refractivity contribution in [3.8, 4) is 0 Å². The Morgan fingerprint density at radius 2 is 2.00 bits per heavy atom. The minimum absolute atomic E-state index is 0.141. The first-order valence-corrected chi connectivity index (χ1v) is 6.35. The highest BCUT2D eigenvalue weighted by atomic mass is 16.5. The Hall–Kier alpha value is -2.04. The summed E-state index contributed by atoms with van der Waals surface area (Å²) in [5, 5.41) is 11.4. The van der Waals surface area contributed by atoms with Crippen LogP contribution in [0.4, 0.5) is 4.79 Å². The molecule has 1 aromatic carbocycles. The van der Waals surface area contributed by atoms with Gasteiger partial charge in [0.15, 0.2) is 0 Å². The molecule has 0 heterocycles. The van der Waals surface area contributed by atoms with E-state index in [0.717, 1.165) is 18.4 Å². The summed E-state index contributed by atoms with van der Waals surface area (Å²) in [6.45, 7) is 0.141. The third-order valence-electron chi connectivity index (χ3n) is 3.07. The van der Waals surface area contributed by atoms with Gasteiger partial charge in [-0.25, -0.2) is 9.59 Å². The quantitative estimate of drug-likeness (QED) is 0.824. The summed E-state index contributed by atoms with van der Waals surface area (Å²) in [5.74, 6) is -0.584. The molecule has 1 atom stereocenters. The molecule has 1 saturated carbocycles. The molecule has 0 aromatic heterocycles. The molecule has 0 spiro atoms. The molecule has 0 unspecified atom stereocenters. The zero-order valence-electron chi connectivity index (χ0n) is 10.5. The van der Waals surface area contributed by atoms with Gasteiger partial charge in [-0.05, 0) is 17.9 Å². The van der Waals surface area contributed by atoms with Crippen LogP contribution in [0.1, 0.15) is 24.8 Å². The number of hydrogen-bond acceptors (Lipinski definition) is 3. The Labute approximate surface area is 111 Å². The summed E-state index contributed by atoms with van der Waals surface area (Å²) in [6.07, 6.45) is 1.89. The topological polar surface area (TPSA) is 75.6 Å². The maximum absolute atomic E-state index is 11.5. The number of carboxylic acid groups (broad SMARTS) is 1. The molecule has 5 nitrogen and oxygen atoms in total. The van der Waals surface area contributed by atoms with Gasteiger partial charge in [0.05, 0.1) is 0 Å². The average Bonchev–Trinajstić information content (AvgIpc) is 3.21. The van der Waals surface area contributed by atoms with Crippen molar-refractivity contribution in [3.05, 3.63) is 35.9 Å². The molecule has 19 heavy (non-hydrogen) atoms. The molecular weight excluding hydrogens is 246 g/mol. The summed E-state index contributed by atoms with van der Waals surface area (Å²) in [7, 11) is 0. The molecule has 5 heteroatoms. The van der Waals surface area contributed by atoms with Gasteiger partial charge in [-0.3, -0.25) is 0 Å². The van der Waals surface area contributed by atoms with Crippen molar-refractivity contribution < 1.29 is 19.4 Å². The summed E-state index contributed by atoms with van der Waals surface area (Å²) in [4.78, 5) is 22.5. The van der Waals surface area contributed by atoms with Crippen LogP contribution < -0.4 is 5.32 Å². The standard InChI is InChI=1S/C14H17NO4/c16-13(17)12(8-10-6-7-10)15-14(18)19-9-11-4-2-1-3-5-11/h1-5,10,12H,6-9H2,(H,15,18)(H,16,17)/t12-/m1/s1. The van der Waals surface area contributed by atoms with Crippen LogP contribution in [0.5, 0.6) is 0 Å². The second-order valence-electron chi connectivity index (χ2n) is 4.78. The van der Waals surface area contributed by atoms with E-state index in [0.29, 0.717) is 12.3 Å². The number of hydrogen-bond donors (Lipinski definition) is 2. The van der Waals surface area contributed by atoms with Crippen LogP contribution >= 0.6 is 0 Å². The van der Waals surface area contributed by atoms with E-state index in [-0.39, 0.29) is 6.61 Å². The second-order valence-corrected chi connectivity index (χ2v) is 4.78. The summed E-state index contributed by atoms with van der Waals surface area (Å²) in [5.41, 5.74) is 0.867. The zero-order valence-corrected chi connectivity index (χ0v) is 10.5. The van der Waals surface area contributed by atoms with Gasteiger partial charge < -0.3 is 15.2 Å². The van der Waals surface area contributed by atoms with Crippen LogP contribution in [-0.4, -0.2) is 23.2 Å². The van der Waals surface area contributed by atoms with Crippen molar-refractivity contribution in [2.45, 2.75) is 31.9 Å². The number of ether oxygens (including phenoxy) is 1. The predicted molar refractivity (Wildman–Crippen MR) is 68.5 cm³/mol. The third kappa shape index (κ3) is 4.62.